The number of rotatable bonds is 5. The van der Waals surface area contributed by atoms with Crippen molar-refractivity contribution in [2.75, 3.05) is 6.54 Å². The Bertz CT molecular complexity index is 626. The summed E-state index contributed by atoms with van der Waals surface area (Å²) in [5, 5.41) is 9.36. The van der Waals surface area contributed by atoms with Gasteiger partial charge >= 0.3 is 5.97 Å². The molecule has 1 fully saturated rings. The van der Waals surface area contributed by atoms with E-state index in [0.29, 0.717) is 12.8 Å². The summed E-state index contributed by atoms with van der Waals surface area (Å²) in [6.45, 7) is -0.120. The molecular weight excluding hydrogens is 313 g/mol. The summed E-state index contributed by atoms with van der Waals surface area (Å²) in [4.78, 5) is 10.9. The zero-order valence-corrected chi connectivity index (χ0v) is 12.0. The Balaban J connectivity index is 2.14. The van der Waals surface area contributed by atoms with E-state index in [2.05, 4.69) is 4.72 Å². The SMILES string of the molecule is O=C(O)C1(CNS(=O)(=O)c2ccc(Cl)c(Cl)c2)CC1. The quantitative estimate of drug-likeness (QED) is 0.869. The molecule has 19 heavy (non-hydrogen) atoms. The fourth-order valence-corrected chi connectivity index (χ4v) is 3.09. The second kappa shape index (κ2) is 4.94. The normalized spacial score (nSPS) is 17.2. The van der Waals surface area contributed by atoms with Crippen LogP contribution in [0.5, 0.6) is 0 Å². The van der Waals surface area contributed by atoms with Crippen LogP contribution in [0.2, 0.25) is 10.0 Å². The molecule has 1 aliphatic rings. The summed E-state index contributed by atoms with van der Waals surface area (Å²) in [6.07, 6.45) is 0.957. The van der Waals surface area contributed by atoms with Gasteiger partial charge in [-0.2, -0.15) is 0 Å². The van der Waals surface area contributed by atoms with Gasteiger partial charge in [0.25, 0.3) is 0 Å². The molecule has 0 atom stereocenters. The molecule has 104 valence electrons. The van der Waals surface area contributed by atoms with Crippen molar-refractivity contribution in [1.29, 1.82) is 0 Å². The van der Waals surface area contributed by atoms with Gasteiger partial charge in [-0.25, -0.2) is 13.1 Å². The highest BCUT2D eigenvalue weighted by Gasteiger charge is 2.50. The van der Waals surface area contributed by atoms with Gasteiger partial charge in [0, 0.05) is 6.54 Å². The maximum absolute atomic E-state index is 12.0. The Hall–Kier alpha value is -0.820. The molecular formula is C11H11Cl2NO4S. The molecule has 1 aliphatic carbocycles. The smallest absolute Gasteiger partial charge is 0.310 e. The Kier molecular flexibility index (Phi) is 3.79. The molecule has 0 heterocycles. The van der Waals surface area contributed by atoms with Crippen molar-refractivity contribution in [2.24, 2.45) is 5.41 Å². The maximum atomic E-state index is 12.0. The number of carboxylic acids is 1. The predicted molar refractivity (Wildman–Crippen MR) is 71.0 cm³/mol. The molecule has 0 aliphatic heterocycles. The van der Waals surface area contributed by atoms with Crippen LogP contribution in [0.3, 0.4) is 0 Å². The first kappa shape index (κ1) is 14.6. The number of aliphatic carboxylic acids is 1. The lowest BCUT2D eigenvalue weighted by Crippen LogP contribution is -2.34. The van der Waals surface area contributed by atoms with Crippen LogP contribution < -0.4 is 4.72 Å². The van der Waals surface area contributed by atoms with Crippen molar-refractivity contribution in [3.05, 3.63) is 28.2 Å². The topological polar surface area (TPSA) is 83.5 Å². The van der Waals surface area contributed by atoms with Crippen LogP contribution in [-0.4, -0.2) is 26.0 Å². The van der Waals surface area contributed by atoms with Crippen molar-refractivity contribution >= 4 is 39.2 Å². The van der Waals surface area contributed by atoms with Crippen molar-refractivity contribution < 1.29 is 18.3 Å². The second-order valence-electron chi connectivity index (χ2n) is 4.49. The molecule has 0 radical (unpaired) electrons. The van der Waals surface area contributed by atoms with E-state index in [0.717, 1.165) is 0 Å². The number of sulfonamides is 1. The van der Waals surface area contributed by atoms with Gasteiger partial charge in [0.2, 0.25) is 10.0 Å². The van der Waals surface area contributed by atoms with E-state index < -0.39 is 21.4 Å². The minimum Gasteiger partial charge on any atom is -0.481 e. The number of hydrogen-bond acceptors (Lipinski definition) is 3. The van der Waals surface area contributed by atoms with E-state index >= 15 is 0 Å². The third-order valence-corrected chi connectivity index (χ3v) is 5.25. The molecule has 1 aromatic rings. The Morgan fingerprint density at radius 1 is 1.32 bits per heavy atom. The number of carboxylic acid groups (broad SMARTS) is 1. The van der Waals surface area contributed by atoms with Crippen molar-refractivity contribution in [3.63, 3.8) is 0 Å². The maximum Gasteiger partial charge on any atom is 0.310 e. The number of benzene rings is 1. The van der Waals surface area contributed by atoms with Crippen LogP contribution in [0.25, 0.3) is 0 Å². The zero-order chi connectivity index (χ0) is 14.3. The number of hydrogen-bond donors (Lipinski definition) is 2. The van der Waals surface area contributed by atoms with Gasteiger partial charge in [-0.3, -0.25) is 4.79 Å². The van der Waals surface area contributed by atoms with Crippen molar-refractivity contribution in [3.8, 4) is 0 Å². The fourth-order valence-electron chi connectivity index (χ4n) is 1.58. The van der Waals surface area contributed by atoms with Crippen molar-refractivity contribution in [1.82, 2.24) is 4.72 Å². The molecule has 0 spiro atoms. The van der Waals surface area contributed by atoms with Crippen LogP contribution in [0, 0.1) is 5.41 Å². The molecule has 0 saturated heterocycles. The van der Waals surface area contributed by atoms with Gasteiger partial charge in [0.05, 0.1) is 20.4 Å². The van der Waals surface area contributed by atoms with E-state index in [1.54, 1.807) is 0 Å². The summed E-state index contributed by atoms with van der Waals surface area (Å²) in [5.41, 5.74) is -0.955. The monoisotopic (exact) mass is 323 g/mol. The van der Waals surface area contributed by atoms with E-state index in [9.17, 15) is 13.2 Å². The Morgan fingerprint density at radius 2 is 1.95 bits per heavy atom. The summed E-state index contributed by atoms with van der Waals surface area (Å²) in [5.74, 6) is -0.982. The summed E-state index contributed by atoms with van der Waals surface area (Å²) in [7, 11) is -3.78. The molecule has 2 rings (SSSR count). The minimum atomic E-state index is -3.78. The number of carbonyl (C=O) groups is 1. The third-order valence-electron chi connectivity index (χ3n) is 3.11. The van der Waals surface area contributed by atoms with Gasteiger partial charge in [-0.15, -0.1) is 0 Å². The summed E-state index contributed by atoms with van der Waals surface area (Å²) in [6, 6.07) is 3.92. The standard InChI is InChI=1S/C11H11Cl2NO4S/c12-8-2-1-7(5-9(8)13)19(17,18)14-6-11(3-4-11)10(15)16/h1-2,5,14H,3-4,6H2,(H,15,16). The molecule has 0 unspecified atom stereocenters. The summed E-state index contributed by atoms with van der Waals surface area (Å²) >= 11 is 11.5. The number of halogens is 2. The number of nitrogens with one attached hydrogen (secondary N) is 1. The second-order valence-corrected chi connectivity index (χ2v) is 7.07. The largest absolute Gasteiger partial charge is 0.481 e. The van der Waals surface area contributed by atoms with Gasteiger partial charge in [-0.05, 0) is 31.0 Å². The van der Waals surface area contributed by atoms with E-state index in [1.807, 2.05) is 0 Å². The van der Waals surface area contributed by atoms with Crippen LogP contribution >= 0.6 is 23.2 Å². The molecule has 2 N–H and O–H groups in total. The Morgan fingerprint density at radius 3 is 2.42 bits per heavy atom. The molecule has 0 bridgehead atoms. The average Bonchev–Trinajstić information content (AvgIpc) is 3.11. The zero-order valence-electron chi connectivity index (χ0n) is 9.69. The average molecular weight is 324 g/mol. The van der Waals surface area contributed by atoms with Gasteiger partial charge < -0.3 is 5.11 Å². The highest BCUT2D eigenvalue weighted by Crippen LogP contribution is 2.45. The van der Waals surface area contributed by atoms with Crippen molar-refractivity contribution in [2.45, 2.75) is 17.7 Å². The van der Waals surface area contributed by atoms with E-state index in [1.165, 1.54) is 18.2 Å². The molecule has 0 amide bonds. The van der Waals surface area contributed by atoms with E-state index in [4.69, 9.17) is 28.3 Å². The highest BCUT2D eigenvalue weighted by atomic mass is 35.5. The van der Waals surface area contributed by atoms with Crippen LogP contribution in [0.4, 0.5) is 0 Å². The summed E-state index contributed by atoms with van der Waals surface area (Å²) < 4.78 is 26.3. The van der Waals surface area contributed by atoms with Crippen LogP contribution in [0.15, 0.2) is 23.1 Å². The predicted octanol–water partition coefficient (Wildman–Crippen LogP) is 2.14. The first-order valence-electron chi connectivity index (χ1n) is 5.45. The highest BCUT2D eigenvalue weighted by molar-refractivity contribution is 7.89. The van der Waals surface area contributed by atoms with E-state index in [-0.39, 0.29) is 21.5 Å². The third kappa shape index (κ3) is 3.02. The molecule has 8 heteroatoms. The molecule has 0 aromatic heterocycles. The van der Waals surface area contributed by atoms with Gasteiger partial charge in [-0.1, -0.05) is 23.2 Å². The lowest BCUT2D eigenvalue weighted by atomic mass is 10.1. The first-order chi connectivity index (χ1) is 8.77. The Labute approximate surface area is 120 Å². The molecule has 5 nitrogen and oxygen atoms in total. The van der Waals surface area contributed by atoms with Crippen LogP contribution in [-0.2, 0) is 14.8 Å². The van der Waals surface area contributed by atoms with Gasteiger partial charge in [0.1, 0.15) is 0 Å². The fraction of sp³-hybridized carbons (Fsp3) is 0.364. The molecule has 1 aromatic carbocycles. The first-order valence-corrected chi connectivity index (χ1v) is 7.69. The lowest BCUT2D eigenvalue weighted by Gasteiger charge is -2.12. The van der Waals surface area contributed by atoms with Crippen LogP contribution in [0.1, 0.15) is 12.8 Å². The minimum absolute atomic E-state index is 0.0388. The molecule has 1 saturated carbocycles. The van der Waals surface area contributed by atoms with Gasteiger partial charge in [0.15, 0.2) is 0 Å². The lowest BCUT2D eigenvalue weighted by molar-refractivity contribution is -0.143.